The first-order chi connectivity index (χ1) is 10.0. The first-order valence-corrected chi connectivity index (χ1v) is 7.46. The van der Waals surface area contributed by atoms with Crippen molar-refractivity contribution in [3.05, 3.63) is 23.8 Å². The van der Waals surface area contributed by atoms with Crippen molar-refractivity contribution in [1.29, 1.82) is 0 Å². The average Bonchev–Trinajstić information content (AvgIpc) is 2.93. The molecule has 0 bridgehead atoms. The zero-order chi connectivity index (χ0) is 15.2. The van der Waals surface area contributed by atoms with Gasteiger partial charge < -0.3 is 16.0 Å². The Hall–Kier alpha value is -1.59. The van der Waals surface area contributed by atoms with Gasteiger partial charge in [0.2, 0.25) is 11.8 Å². The van der Waals surface area contributed by atoms with E-state index in [4.69, 9.17) is 0 Å². The predicted molar refractivity (Wildman–Crippen MR) is 91.6 cm³/mol. The zero-order valence-corrected chi connectivity index (χ0v) is 13.9. The molecule has 1 heterocycles. The highest BCUT2D eigenvalue weighted by Gasteiger charge is 2.15. The SMILES string of the molecule is CC(=O)Nc1ccc(C)c(NC(=O)CCC2CCCN2)c1.Cl. The Morgan fingerprint density at radius 1 is 1.32 bits per heavy atom. The number of halogens is 1. The third kappa shape index (κ3) is 5.66. The van der Waals surface area contributed by atoms with Gasteiger partial charge >= 0.3 is 0 Å². The summed E-state index contributed by atoms with van der Waals surface area (Å²) in [4.78, 5) is 23.1. The summed E-state index contributed by atoms with van der Waals surface area (Å²) >= 11 is 0. The van der Waals surface area contributed by atoms with Crippen molar-refractivity contribution >= 4 is 35.6 Å². The maximum Gasteiger partial charge on any atom is 0.224 e. The molecule has 0 aromatic heterocycles. The molecule has 0 saturated carbocycles. The minimum atomic E-state index is -0.122. The molecule has 1 saturated heterocycles. The van der Waals surface area contributed by atoms with Crippen molar-refractivity contribution < 1.29 is 9.59 Å². The number of hydrogen-bond donors (Lipinski definition) is 3. The van der Waals surface area contributed by atoms with Gasteiger partial charge in [-0.2, -0.15) is 0 Å². The lowest BCUT2D eigenvalue weighted by Crippen LogP contribution is -2.23. The second kappa shape index (κ2) is 8.76. The van der Waals surface area contributed by atoms with Crippen LogP contribution in [0.3, 0.4) is 0 Å². The van der Waals surface area contributed by atoms with Gasteiger partial charge in [-0.1, -0.05) is 6.07 Å². The molecule has 1 aliphatic heterocycles. The topological polar surface area (TPSA) is 70.2 Å². The number of benzene rings is 1. The molecule has 0 radical (unpaired) electrons. The smallest absolute Gasteiger partial charge is 0.224 e. The zero-order valence-electron chi connectivity index (χ0n) is 13.1. The molecule has 3 N–H and O–H groups in total. The van der Waals surface area contributed by atoms with Gasteiger partial charge in [-0.05, 0) is 50.4 Å². The number of amides is 2. The lowest BCUT2D eigenvalue weighted by Gasteiger charge is -2.12. The van der Waals surface area contributed by atoms with E-state index in [9.17, 15) is 9.59 Å². The molecule has 1 unspecified atom stereocenters. The molecule has 2 amide bonds. The number of rotatable bonds is 5. The van der Waals surface area contributed by atoms with E-state index in [1.54, 1.807) is 6.07 Å². The number of aryl methyl sites for hydroxylation is 1. The Kier molecular flexibility index (Phi) is 7.35. The van der Waals surface area contributed by atoms with Crippen LogP contribution in [0.2, 0.25) is 0 Å². The van der Waals surface area contributed by atoms with Crippen LogP contribution in [0.15, 0.2) is 18.2 Å². The van der Waals surface area contributed by atoms with Crippen LogP contribution in [-0.2, 0) is 9.59 Å². The molecule has 122 valence electrons. The van der Waals surface area contributed by atoms with Crippen molar-refractivity contribution in [2.75, 3.05) is 17.2 Å². The molecule has 5 nitrogen and oxygen atoms in total. The average molecular weight is 326 g/mol. The summed E-state index contributed by atoms with van der Waals surface area (Å²) in [5.74, 6) is -0.102. The largest absolute Gasteiger partial charge is 0.326 e. The lowest BCUT2D eigenvalue weighted by atomic mass is 10.1. The summed E-state index contributed by atoms with van der Waals surface area (Å²) < 4.78 is 0. The van der Waals surface area contributed by atoms with Crippen molar-refractivity contribution in [1.82, 2.24) is 5.32 Å². The van der Waals surface area contributed by atoms with Crippen LogP contribution in [0.1, 0.15) is 38.2 Å². The maximum absolute atomic E-state index is 12.0. The Morgan fingerprint density at radius 3 is 2.73 bits per heavy atom. The number of carbonyl (C=O) groups excluding carboxylic acids is 2. The van der Waals surface area contributed by atoms with Crippen LogP contribution in [0, 0.1) is 6.92 Å². The number of hydrogen-bond acceptors (Lipinski definition) is 3. The van der Waals surface area contributed by atoms with Crippen molar-refractivity contribution in [3.8, 4) is 0 Å². The van der Waals surface area contributed by atoms with E-state index < -0.39 is 0 Å². The van der Waals surface area contributed by atoms with Crippen molar-refractivity contribution in [2.45, 2.75) is 45.6 Å². The number of carbonyl (C=O) groups is 2. The molecular formula is C16H24ClN3O2. The van der Waals surface area contributed by atoms with E-state index in [1.165, 1.54) is 13.3 Å². The number of nitrogens with one attached hydrogen (secondary N) is 3. The highest BCUT2D eigenvalue weighted by Crippen LogP contribution is 2.21. The van der Waals surface area contributed by atoms with Gasteiger partial charge in [-0.15, -0.1) is 12.4 Å². The second-order valence-electron chi connectivity index (χ2n) is 5.59. The summed E-state index contributed by atoms with van der Waals surface area (Å²) in [5.41, 5.74) is 2.43. The first kappa shape index (κ1) is 18.5. The fourth-order valence-electron chi connectivity index (χ4n) is 2.56. The van der Waals surface area contributed by atoms with Crippen LogP contribution in [0.5, 0.6) is 0 Å². The van der Waals surface area contributed by atoms with Gasteiger partial charge in [0.05, 0.1) is 0 Å². The van der Waals surface area contributed by atoms with Gasteiger partial charge in [0, 0.05) is 30.8 Å². The molecule has 2 rings (SSSR count). The van der Waals surface area contributed by atoms with E-state index >= 15 is 0 Å². The molecule has 0 aliphatic carbocycles. The molecule has 0 spiro atoms. The van der Waals surface area contributed by atoms with E-state index in [1.807, 2.05) is 19.1 Å². The van der Waals surface area contributed by atoms with E-state index in [0.29, 0.717) is 18.2 Å². The highest BCUT2D eigenvalue weighted by molar-refractivity contribution is 5.94. The lowest BCUT2D eigenvalue weighted by molar-refractivity contribution is -0.116. The summed E-state index contributed by atoms with van der Waals surface area (Å²) in [6.45, 7) is 4.46. The van der Waals surface area contributed by atoms with Crippen molar-refractivity contribution in [2.24, 2.45) is 0 Å². The standard InChI is InChI=1S/C16H23N3O2.ClH/c1-11-5-6-14(18-12(2)20)10-15(11)19-16(21)8-7-13-4-3-9-17-13;/h5-6,10,13,17H,3-4,7-9H2,1-2H3,(H,18,20)(H,19,21);1H. The summed E-state index contributed by atoms with van der Waals surface area (Å²) in [7, 11) is 0. The first-order valence-electron chi connectivity index (χ1n) is 7.46. The second-order valence-corrected chi connectivity index (χ2v) is 5.59. The fraction of sp³-hybridized carbons (Fsp3) is 0.500. The molecule has 6 heteroatoms. The third-order valence-electron chi connectivity index (χ3n) is 3.71. The van der Waals surface area contributed by atoms with Gasteiger partial charge in [0.15, 0.2) is 0 Å². The summed E-state index contributed by atoms with van der Waals surface area (Å²) in [6, 6.07) is 5.99. The third-order valence-corrected chi connectivity index (χ3v) is 3.71. The van der Waals surface area contributed by atoms with E-state index in [0.717, 1.165) is 30.6 Å². The van der Waals surface area contributed by atoms with Gasteiger partial charge in [0.1, 0.15) is 0 Å². The quantitative estimate of drug-likeness (QED) is 0.779. The van der Waals surface area contributed by atoms with Crippen LogP contribution in [0.4, 0.5) is 11.4 Å². The Balaban J connectivity index is 0.00000242. The molecule has 22 heavy (non-hydrogen) atoms. The Bertz CT molecular complexity index is 528. The van der Waals surface area contributed by atoms with Gasteiger partial charge in [0.25, 0.3) is 0 Å². The van der Waals surface area contributed by atoms with Crippen LogP contribution in [-0.4, -0.2) is 24.4 Å². The van der Waals surface area contributed by atoms with Gasteiger partial charge in [-0.25, -0.2) is 0 Å². The fourth-order valence-corrected chi connectivity index (χ4v) is 2.56. The van der Waals surface area contributed by atoms with E-state index in [-0.39, 0.29) is 24.2 Å². The summed E-state index contributed by atoms with van der Waals surface area (Å²) in [5, 5.41) is 9.04. The molecule has 1 aromatic rings. The van der Waals surface area contributed by atoms with Crippen LogP contribution >= 0.6 is 12.4 Å². The monoisotopic (exact) mass is 325 g/mol. The Labute approximate surface area is 137 Å². The minimum absolute atomic E-state index is 0. The maximum atomic E-state index is 12.0. The molecule has 1 aliphatic rings. The number of anilines is 2. The predicted octanol–water partition coefficient (Wildman–Crippen LogP) is 2.85. The molecule has 1 fully saturated rings. The molecule has 1 aromatic carbocycles. The minimum Gasteiger partial charge on any atom is -0.326 e. The van der Waals surface area contributed by atoms with Crippen LogP contribution < -0.4 is 16.0 Å². The summed E-state index contributed by atoms with van der Waals surface area (Å²) in [6.07, 6.45) is 3.74. The van der Waals surface area contributed by atoms with E-state index in [2.05, 4.69) is 16.0 Å². The Morgan fingerprint density at radius 2 is 2.09 bits per heavy atom. The van der Waals surface area contributed by atoms with Crippen molar-refractivity contribution in [3.63, 3.8) is 0 Å². The molecule has 1 atom stereocenters. The highest BCUT2D eigenvalue weighted by atomic mass is 35.5. The molecular weight excluding hydrogens is 302 g/mol. The van der Waals surface area contributed by atoms with Crippen LogP contribution in [0.25, 0.3) is 0 Å². The normalized spacial score (nSPS) is 16.7. The van der Waals surface area contributed by atoms with Gasteiger partial charge in [-0.3, -0.25) is 9.59 Å².